The molecule has 120 valence electrons. The molecule has 2 aromatic rings. The topological polar surface area (TPSA) is 49.4 Å². The van der Waals surface area contributed by atoms with Crippen molar-refractivity contribution in [3.05, 3.63) is 58.6 Å². The maximum absolute atomic E-state index is 12.3. The molecule has 0 saturated carbocycles. The van der Waals surface area contributed by atoms with Gasteiger partial charge in [0.25, 0.3) is 0 Å². The molecule has 0 heterocycles. The van der Waals surface area contributed by atoms with Crippen LogP contribution in [-0.2, 0) is 9.59 Å². The van der Waals surface area contributed by atoms with Crippen LogP contribution in [0.15, 0.2) is 48.5 Å². The molecule has 23 heavy (non-hydrogen) atoms. The predicted molar refractivity (Wildman–Crippen MR) is 94.2 cm³/mol. The first kappa shape index (κ1) is 17.3. The average molecular weight is 351 g/mol. The van der Waals surface area contributed by atoms with Crippen molar-refractivity contribution in [2.24, 2.45) is 0 Å². The summed E-state index contributed by atoms with van der Waals surface area (Å²) < 4.78 is 0. The van der Waals surface area contributed by atoms with E-state index in [1.54, 1.807) is 17.0 Å². The Hall–Kier alpha value is -2.04. The van der Waals surface area contributed by atoms with Crippen molar-refractivity contribution in [3.63, 3.8) is 0 Å². The first-order chi connectivity index (χ1) is 11.0. The Morgan fingerprint density at radius 2 is 1.78 bits per heavy atom. The number of halogens is 2. The van der Waals surface area contributed by atoms with Gasteiger partial charge in [-0.2, -0.15) is 0 Å². The molecule has 0 aliphatic rings. The molecule has 0 aliphatic heterocycles. The summed E-state index contributed by atoms with van der Waals surface area (Å²) in [5.41, 5.74) is 1.19. The van der Waals surface area contributed by atoms with Gasteiger partial charge in [0.15, 0.2) is 0 Å². The van der Waals surface area contributed by atoms with Gasteiger partial charge in [0.05, 0.1) is 10.7 Å². The van der Waals surface area contributed by atoms with Crippen LogP contribution in [-0.4, -0.2) is 18.4 Å². The summed E-state index contributed by atoms with van der Waals surface area (Å²) >= 11 is 11.8. The molecule has 2 amide bonds. The van der Waals surface area contributed by atoms with Crippen LogP contribution >= 0.6 is 23.2 Å². The highest BCUT2D eigenvalue weighted by atomic mass is 35.5. The fourth-order valence-electron chi connectivity index (χ4n) is 2.13. The smallest absolute Gasteiger partial charge is 0.236 e. The van der Waals surface area contributed by atoms with E-state index < -0.39 is 5.91 Å². The van der Waals surface area contributed by atoms with Crippen molar-refractivity contribution in [2.45, 2.75) is 13.3 Å². The highest BCUT2D eigenvalue weighted by Crippen LogP contribution is 2.25. The number of carbonyl (C=O) groups excluding carboxylic acids is 2. The fourth-order valence-corrected chi connectivity index (χ4v) is 2.58. The number of para-hydroxylation sites is 1. The molecule has 1 N–H and O–H groups in total. The zero-order chi connectivity index (χ0) is 16.8. The normalized spacial score (nSPS) is 10.2. The number of amides is 2. The Balaban J connectivity index is 2.02. The van der Waals surface area contributed by atoms with Gasteiger partial charge >= 0.3 is 0 Å². The van der Waals surface area contributed by atoms with Gasteiger partial charge in [0, 0.05) is 17.3 Å². The van der Waals surface area contributed by atoms with E-state index in [9.17, 15) is 9.59 Å². The monoisotopic (exact) mass is 350 g/mol. The van der Waals surface area contributed by atoms with Gasteiger partial charge in [-0.1, -0.05) is 41.4 Å². The van der Waals surface area contributed by atoms with Gasteiger partial charge in [0.1, 0.15) is 6.42 Å². The molecule has 0 unspecified atom stereocenters. The van der Waals surface area contributed by atoms with Crippen LogP contribution in [0.3, 0.4) is 0 Å². The van der Waals surface area contributed by atoms with Gasteiger partial charge in [-0.05, 0) is 37.3 Å². The van der Waals surface area contributed by atoms with E-state index in [-0.39, 0.29) is 12.3 Å². The molecule has 4 nitrogen and oxygen atoms in total. The Kier molecular flexibility index (Phi) is 6.02. The molecule has 6 heteroatoms. The maximum atomic E-state index is 12.3. The molecule has 0 atom stereocenters. The molecule has 0 radical (unpaired) electrons. The van der Waals surface area contributed by atoms with Crippen LogP contribution in [0, 0.1) is 0 Å². The van der Waals surface area contributed by atoms with Crippen molar-refractivity contribution in [1.29, 1.82) is 0 Å². The van der Waals surface area contributed by atoms with Gasteiger partial charge in [-0.15, -0.1) is 0 Å². The Bertz CT molecular complexity index is 705. The molecule has 0 saturated heterocycles. The van der Waals surface area contributed by atoms with Gasteiger partial charge in [-0.3, -0.25) is 9.59 Å². The summed E-state index contributed by atoms with van der Waals surface area (Å²) in [5.74, 6) is -0.699. The molecular weight excluding hydrogens is 335 g/mol. The van der Waals surface area contributed by atoms with Crippen LogP contribution < -0.4 is 10.2 Å². The number of benzene rings is 2. The summed E-state index contributed by atoms with van der Waals surface area (Å²) in [6.45, 7) is 2.34. The van der Waals surface area contributed by atoms with Crippen molar-refractivity contribution >= 4 is 46.4 Å². The largest absolute Gasteiger partial charge is 0.324 e. The van der Waals surface area contributed by atoms with Crippen molar-refractivity contribution < 1.29 is 9.59 Å². The van der Waals surface area contributed by atoms with E-state index in [4.69, 9.17) is 23.2 Å². The van der Waals surface area contributed by atoms with Crippen LogP contribution in [0.2, 0.25) is 10.0 Å². The van der Waals surface area contributed by atoms with E-state index in [0.717, 1.165) is 5.69 Å². The van der Waals surface area contributed by atoms with E-state index in [1.807, 2.05) is 37.3 Å². The van der Waals surface area contributed by atoms with E-state index in [2.05, 4.69) is 5.32 Å². The lowest BCUT2D eigenvalue weighted by Crippen LogP contribution is -2.33. The molecule has 0 aliphatic carbocycles. The molecular formula is C17H16Cl2N2O2. The third kappa shape index (κ3) is 4.71. The molecule has 0 aromatic heterocycles. The Labute approximate surface area is 145 Å². The number of nitrogens with zero attached hydrogens (tertiary/aromatic N) is 1. The number of anilines is 2. The Morgan fingerprint density at radius 1 is 1.09 bits per heavy atom. The first-order valence-electron chi connectivity index (χ1n) is 7.11. The number of rotatable bonds is 5. The zero-order valence-corrected chi connectivity index (χ0v) is 14.1. The van der Waals surface area contributed by atoms with Crippen LogP contribution in [0.5, 0.6) is 0 Å². The number of carbonyl (C=O) groups is 2. The molecule has 0 fully saturated rings. The lowest BCUT2D eigenvalue weighted by Gasteiger charge is -2.20. The SMILES string of the molecule is CCN(C(=O)CC(=O)Nc1ccc(Cl)cc1Cl)c1ccccc1. The third-order valence-corrected chi connectivity index (χ3v) is 3.75. The summed E-state index contributed by atoms with van der Waals surface area (Å²) in [4.78, 5) is 25.9. The first-order valence-corrected chi connectivity index (χ1v) is 7.87. The lowest BCUT2D eigenvalue weighted by molar-refractivity contribution is -0.125. The molecule has 0 bridgehead atoms. The number of nitrogens with one attached hydrogen (secondary N) is 1. The minimum atomic E-state index is -0.423. The van der Waals surface area contributed by atoms with Crippen LogP contribution in [0.1, 0.15) is 13.3 Å². The van der Waals surface area contributed by atoms with E-state index in [1.165, 1.54) is 6.07 Å². The minimum absolute atomic E-state index is 0.262. The van der Waals surface area contributed by atoms with Gasteiger partial charge in [-0.25, -0.2) is 0 Å². The highest BCUT2D eigenvalue weighted by molar-refractivity contribution is 6.36. The van der Waals surface area contributed by atoms with Crippen molar-refractivity contribution in [2.75, 3.05) is 16.8 Å². The van der Waals surface area contributed by atoms with Crippen LogP contribution in [0.25, 0.3) is 0 Å². The second-order valence-electron chi connectivity index (χ2n) is 4.82. The predicted octanol–water partition coefficient (Wildman–Crippen LogP) is 4.38. The van der Waals surface area contributed by atoms with Crippen LogP contribution in [0.4, 0.5) is 11.4 Å². The fraction of sp³-hybridized carbons (Fsp3) is 0.176. The zero-order valence-electron chi connectivity index (χ0n) is 12.6. The molecule has 2 rings (SSSR count). The lowest BCUT2D eigenvalue weighted by atomic mass is 10.2. The molecule has 2 aromatic carbocycles. The average Bonchev–Trinajstić information content (AvgIpc) is 2.52. The second-order valence-corrected chi connectivity index (χ2v) is 5.67. The van der Waals surface area contributed by atoms with Gasteiger partial charge in [0.2, 0.25) is 11.8 Å². The van der Waals surface area contributed by atoms with E-state index in [0.29, 0.717) is 22.3 Å². The Morgan fingerprint density at radius 3 is 2.39 bits per heavy atom. The second kappa shape index (κ2) is 7.99. The number of hydrogen-bond donors (Lipinski definition) is 1. The van der Waals surface area contributed by atoms with Gasteiger partial charge < -0.3 is 10.2 Å². The quantitative estimate of drug-likeness (QED) is 0.813. The third-order valence-electron chi connectivity index (χ3n) is 3.20. The summed E-state index contributed by atoms with van der Waals surface area (Å²) in [5, 5.41) is 3.43. The maximum Gasteiger partial charge on any atom is 0.236 e. The molecule has 0 spiro atoms. The van der Waals surface area contributed by atoms with Crippen molar-refractivity contribution in [3.8, 4) is 0 Å². The summed E-state index contributed by atoms with van der Waals surface area (Å²) in [6.07, 6.45) is -0.262. The van der Waals surface area contributed by atoms with Crippen molar-refractivity contribution in [1.82, 2.24) is 0 Å². The minimum Gasteiger partial charge on any atom is -0.324 e. The van der Waals surface area contributed by atoms with E-state index >= 15 is 0 Å². The number of hydrogen-bond acceptors (Lipinski definition) is 2. The standard InChI is InChI=1S/C17H16Cl2N2O2/c1-2-21(13-6-4-3-5-7-13)17(23)11-16(22)20-15-9-8-12(18)10-14(15)19/h3-10H,2,11H2,1H3,(H,20,22). The summed E-state index contributed by atoms with van der Waals surface area (Å²) in [6, 6.07) is 14.0. The summed E-state index contributed by atoms with van der Waals surface area (Å²) in [7, 11) is 0. The highest BCUT2D eigenvalue weighted by Gasteiger charge is 2.18.